The Morgan fingerprint density at radius 2 is 1.72 bits per heavy atom. The number of fused-ring (bicyclic) bond motifs is 1. The van der Waals surface area contributed by atoms with E-state index in [1.165, 1.54) is 4.57 Å². The maximum Gasteiger partial charge on any atom is 0.278 e. The zero-order valence-electron chi connectivity index (χ0n) is 18.0. The SMILES string of the molecule is COc1cc(CNC(=O)c2ccc(-c3nc4cccnc4n(C)c3=O)cc2)cc(OC)c1. The van der Waals surface area contributed by atoms with Crippen molar-refractivity contribution in [2.45, 2.75) is 6.54 Å². The fourth-order valence-electron chi connectivity index (χ4n) is 3.38. The standard InChI is InChI=1S/C24H22N4O4/c1-28-22-20(5-4-10-25-22)27-21(24(28)30)16-6-8-17(9-7-16)23(29)26-14-15-11-18(31-2)13-19(12-15)32-3/h4-13H,14H2,1-3H3,(H,26,29). The molecule has 4 rings (SSSR count). The Kier molecular flexibility index (Phi) is 5.85. The largest absolute Gasteiger partial charge is 0.497 e. The third kappa shape index (κ3) is 4.15. The topological polar surface area (TPSA) is 95.3 Å². The van der Waals surface area contributed by atoms with Crippen LogP contribution in [-0.2, 0) is 13.6 Å². The Bertz CT molecular complexity index is 1320. The van der Waals surface area contributed by atoms with Gasteiger partial charge in [0.15, 0.2) is 5.65 Å². The van der Waals surface area contributed by atoms with Crippen LogP contribution in [0.3, 0.4) is 0 Å². The molecule has 0 atom stereocenters. The van der Waals surface area contributed by atoms with Gasteiger partial charge in [-0.05, 0) is 42.0 Å². The lowest BCUT2D eigenvalue weighted by molar-refractivity contribution is 0.0951. The highest BCUT2D eigenvalue weighted by molar-refractivity contribution is 5.94. The number of methoxy groups -OCH3 is 2. The molecule has 2 aromatic heterocycles. The van der Waals surface area contributed by atoms with E-state index in [-0.39, 0.29) is 11.5 Å². The van der Waals surface area contributed by atoms with Crippen molar-refractivity contribution in [2.24, 2.45) is 7.05 Å². The minimum atomic E-state index is -0.250. The van der Waals surface area contributed by atoms with Gasteiger partial charge in [-0.15, -0.1) is 0 Å². The summed E-state index contributed by atoms with van der Waals surface area (Å²) in [6.45, 7) is 0.313. The monoisotopic (exact) mass is 430 g/mol. The first-order valence-electron chi connectivity index (χ1n) is 9.92. The van der Waals surface area contributed by atoms with E-state index in [4.69, 9.17) is 9.47 Å². The summed E-state index contributed by atoms with van der Waals surface area (Å²) >= 11 is 0. The van der Waals surface area contributed by atoms with Crippen LogP contribution in [0.1, 0.15) is 15.9 Å². The van der Waals surface area contributed by atoms with Crippen LogP contribution in [0.15, 0.2) is 65.6 Å². The Morgan fingerprint density at radius 3 is 2.38 bits per heavy atom. The highest BCUT2D eigenvalue weighted by Crippen LogP contribution is 2.22. The number of aryl methyl sites for hydroxylation is 1. The van der Waals surface area contributed by atoms with Crippen molar-refractivity contribution in [3.8, 4) is 22.8 Å². The summed E-state index contributed by atoms with van der Waals surface area (Å²) in [6, 6.07) is 15.8. The third-order valence-corrected chi connectivity index (χ3v) is 5.11. The van der Waals surface area contributed by atoms with Crippen molar-refractivity contribution in [2.75, 3.05) is 14.2 Å². The summed E-state index contributed by atoms with van der Waals surface area (Å²) in [5.74, 6) is 1.07. The lowest BCUT2D eigenvalue weighted by Gasteiger charge is -2.10. The molecular weight excluding hydrogens is 408 g/mol. The van der Waals surface area contributed by atoms with E-state index in [0.29, 0.717) is 46.0 Å². The molecular formula is C24H22N4O4. The number of nitrogens with one attached hydrogen (secondary N) is 1. The van der Waals surface area contributed by atoms with Gasteiger partial charge in [0, 0.05) is 37.0 Å². The van der Waals surface area contributed by atoms with E-state index in [9.17, 15) is 9.59 Å². The summed E-state index contributed by atoms with van der Waals surface area (Å²) in [4.78, 5) is 34.0. The first kappa shape index (κ1) is 21.0. The van der Waals surface area contributed by atoms with Gasteiger partial charge >= 0.3 is 0 Å². The minimum Gasteiger partial charge on any atom is -0.497 e. The van der Waals surface area contributed by atoms with Crippen LogP contribution in [0.5, 0.6) is 11.5 Å². The fourth-order valence-corrected chi connectivity index (χ4v) is 3.38. The van der Waals surface area contributed by atoms with E-state index in [2.05, 4.69) is 15.3 Å². The molecule has 0 saturated heterocycles. The smallest absolute Gasteiger partial charge is 0.278 e. The minimum absolute atomic E-state index is 0.234. The summed E-state index contributed by atoms with van der Waals surface area (Å²) in [5.41, 5.74) is 3.16. The molecule has 0 radical (unpaired) electrons. The summed E-state index contributed by atoms with van der Waals surface area (Å²) in [6.07, 6.45) is 1.62. The Hall–Kier alpha value is -4.20. The van der Waals surface area contributed by atoms with E-state index >= 15 is 0 Å². The maximum absolute atomic E-state index is 12.7. The van der Waals surface area contributed by atoms with Gasteiger partial charge in [-0.25, -0.2) is 9.97 Å². The number of aromatic nitrogens is 3. The molecule has 0 unspecified atom stereocenters. The summed E-state index contributed by atoms with van der Waals surface area (Å²) < 4.78 is 12.0. The molecule has 0 aliphatic rings. The van der Waals surface area contributed by atoms with E-state index in [0.717, 1.165) is 5.56 Å². The number of carbonyl (C=O) groups excluding carboxylic acids is 1. The third-order valence-electron chi connectivity index (χ3n) is 5.11. The summed E-state index contributed by atoms with van der Waals surface area (Å²) in [5, 5.41) is 2.88. The van der Waals surface area contributed by atoms with Crippen molar-refractivity contribution >= 4 is 17.1 Å². The van der Waals surface area contributed by atoms with E-state index < -0.39 is 0 Å². The molecule has 4 aromatic rings. The van der Waals surface area contributed by atoms with Crippen LogP contribution < -0.4 is 20.3 Å². The van der Waals surface area contributed by atoms with Gasteiger partial charge in [-0.3, -0.25) is 14.2 Å². The lowest BCUT2D eigenvalue weighted by Crippen LogP contribution is -2.23. The normalized spacial score (nSPS) is 10.7. The Labute approximate surface area is 184 Å². The predicted octanol–water partition coefficient (Wildman–Crippen LogP) is 2.94. The molecule has 8 heteroatoms. The molecule has 0 saturated carbocycles. The molecule has 1 N–H and O–H groups in total. The van der Waals surface area contributed by atoms with Gasteiger partial charge in [0.1, 0.15) is 22.7 Å². The average Bonchev–Trinajstić information content (AvgIpc) is 2.84. The van der Waals surface area contributed by atoms with Gasteiger partial charge in [0.25, 0.3) is 11.5 Å². The Morgan fingerprint density at radius 1 is 1.03 bits per heavy atom. The van der Waals surface area contributed by atoms with Gasteiger partial charge in [-0.2, -0.15) is 0 Å². The second kappa shape index (κ2) is 8.89. The van der Waals surface area contributed by atoms with Crippen LogP contribution in [0.2, 0.25) is 0 Å². The molecule has 0 fully saturated rings. The lowest BCUT2D eigenvalue weighted by atomic mass is 10.1. The van der Waals surface area contributed by atoms with Crippen LogP contribution in [0.4, 0.5) is 0 Å². The number of hydrogen-bond acceptors (Lipinski definition) is 6. The van der Waals surface area contributed by atoms with Crippen LogP contribution in [-0.4, -0.2) is 34.7 Å². The number of rotatable bonds is 6. The van der Waals surface area contributed by atoms with Gasteiger partial charge in [0.2, 0.25) is 0 Å². The number of pyridine rings is 1. The number of ether oxygens (including phenoxy) is 2. The second-order valence-electron chi connectivity index (χ2n) is 7.15. The van der Waals surface area contributed by atoms with Crippen LogP contribution in [0, 0.1) is 0 Å². The zero-order chi connectivity index (χ0) is 22.7. The van der Waals surface area contributed by atoms with E-state index in [1.54, 1.807) is 69.9 Å². The van der Waals surface area contributed by atoms with E-state index in [1.807, 2.05) is 12.1 Å². The van der Waals surface area contributed by atoms with Crippen LogP contribution >= 0.6 is 0 Å². The van der Waals surface area contributed by atoms with Crippen molar-refractivity contribution in [3.05, 3.63) is 82.3 Å². The van der Waals surface area contributed by atoms with Crippen LogP contribution in [0.25, 0.3) is 22.4 Å². The quantitative estimate of drug-likeness (QED) is 0.505. The first-order valence-corrected chi connectivity index (χ1v) is 9.92. The summed E-state index contributed by atoms with van der Waals surface area (Å²) in [7, 11) is 4.82. The number of benzene rings is 2. The molecule has 2 aromatic carbocycles. The average molecular weight is 430 g/mol. The molecule has 1 amide bonds. The fraction of sp³-hybridized carbons (Fsp3) is 0.167. The molecule has 2 heterocycles. The molecule has 0 bridgehead atoms. The number of amides is 1. The number of carbonyl (C=O) groups is 1. The molecule has 32 heavy (non-hydrogen) atoms. The molecule has 0 aliphatic heterocycles. The highest BCUT2D eigenvalue weighted by Gasteiger charge is 2.13. The van der Waals surface area contributed by atoms with Crippen molar-refractivity contribution in [1.29, 1.82) is 0 Å². The van der Waals surface area contributed by atoms with Gasteiger partial charge in [-0.1, -0.05) is 12.1 Å². The number of hydrogen-bond donors (Lipinski definition) is 1. The van der Waals surface area contributed by atoms with Crippen molar-refractivity contribution < 1.29 is 14.3 Å². The molecule has 8 nitrogen and oxygen atoms in total. The number of nitrogens with zero attached hydrogens (tertiary/aromatic N) is 3. The molecule has 0 spiro atoms. The second-order valence-corrected chi connectivity index (χ2v) is 7.15. The maximum atomic E-state index is 12.7. The van der Waals surface area contributed by atoms with Gasteiger partial charge in [0.05, 0.1) is 14.2 Å². The zero-order valence-corrected chi connectivity index (χ0v) is 18.0. The molecule has 162 valence electrons. The van der Waals surface area contributed by atoms with Gasteiger partial charge < -0.3 is 14.8 Å². The van der Waals surface area contributed by atoms with Crippen molar-refractivity contribution in [1.82, 2.24) is 19.9 Å². The Balaban J connectivity index is 1.53. The van der Waals surface area contributed by atoms with Crippen molar-refractivity contribution in [3.63, 3.8) is 0 Å². The highest BCUT2D eigenvalue weighted by atomic mass is 16.5. The first-order chi connectivity index (χ1) is 15.5. The predicted molar refractivity (Wildman–Crippen MR) is 121 cm³/mol. The molecule has 0 aliphatic carbocycles.